The van der Waals surface area contributed by atoms with Crippen molar-refractivity contribution in [3.05, 3.63) is 48.0 Å². The molecule has 2 amide bonds. The first-order valence-corrected chi connectivity index (χ1v) is 28.5. The van der Waals surface area contributed by atoms with E-state index < -0.39 is 90.5 Å². The summed E-state index contributed by atoms with van der Waals surface area (Å²) in [5, 5.41) is 35.6. The van der Waals surface area contributed by atoms with Gasteiger partial charge in [0.1, 0.15) is 42.0 Å². The van der Waals surface area contributed by atoms with Gasteiger partial charge in [-0.25, -0.2) is 19.3 Å². The topological polar surface area (TPSA) is 412 Å². The molecule has 26 nitrogen and oxygen atoms in total. The standard InChI is InChI=1S/C45H70N7O19P3/c1-43(2,24-34(55)56)17-7-5-9-29-11-13-30(14-12-29)10-6-8-18-45(19-20-45)23-31(53)15-21-47-33(54)16-22-48-41(59)38(58)44(3,4)26-68-74(65,66)71-73(63,64)67-25-32-37(70-72(60,61)62)36(57)42(69-32)52-28-51-35-39(46)49-27-50-40(35)52/h11-14,27-28,32,36-38,42,57-58H,5-10,15-26H2,1-4H3,(H,47,54)(H,48,59)(H,55,56)(H,63,64)(H,65,66)(H2,46,49,50)(H2,60,61,62)/p-4. The van der Waals surface area contributed by atoms with Gasteiger partial charge in [-0.15, -0.1) is 0 Å². The lowest BCUT2D eigenvalue weighted by Gasteiger charge is -2.36. The molecule has 29 heteroatoms. The van der Waals surface area contributed by atoms with Crippen LogP contribution in [0.4, 0.5) is 5.82 Å². The second kappa shape index (κ2) is 25.8. The highest BCUT2D eigenvalue weighted by molar-refractivity contribution is 7.59. The SMILES string of the molecule is CC(C)(CCCCc1ccc(CCCCC2(CC(=O)CCNC(=O)CCNC(=O)C(O)C(C)(C)COP(=O)([O-])OP(=O)([O-])OCC3OC(n4cnc5c(N)ncnc54)C(O)C3OP(=O)([O-])[O-])CC2)cc1)CC(=O)O. The highest BCUT2D eigenvalue weighted by Gasteiger charge is 2.48. The summed E-state index contributed by atoms with van der Waals surface area (Å²) in [4.78, 5) is 109. The number of benzene rings is 1. The van der Waals surface area contributed by atoms with Crippen molar-refractivity contribution < 1.29 is 90.4 Å². The van der Waals surface area contributed by atoms with E-state index in [1.165, 1.54) is 25.0 Å². The van der Waals surface area contributed by atoms with E-state index in [-0.39, 0.29) is 65.9 Å². The second-order valence-corrected chi connectivity index (χ2v) is 24.5. The summed E-state index contributed by atoms with van der Waals surface area (Å²) >= 11 is 0. The van der Waals surface area contributed by atoms with Gasteiger partial charge in [0, 0.05) is 37.8 Å². The van der Waals surface area contributed by atoms with Crippen LogP contribution in [0.5, 0.6) is 0 Å². The van der Waals surface area contributed by atoms with Crippen molar-refractivity contribution in [2.75, 3.05) is 32.0 Å². The first-order chi connectivity index (χ1) is 34.5. The van der Waals surface area contributed by atoms with Crippen molar-refractivity contribution >= 4 is 64.0 Å². The van der Waals surface area contributed by atoms with Crippen LogP contribution in [0.3, 0.4) is 0 Å². The Hall–Kier alpha value is -4.10. The predicted molar refractivity (Wildman–Crippen MR) is 254 cm³/mol. The fourth-order valence-electron chi connectivity index (χ4n) is 8.59. The second-order valence-electron chi connectivity index (χ2n) is 20.4. The third-order valence-corrected chi connectivity index (χ3v) is 16.0. The van der Waals surface area contributed by atoms with Crippen molar-refractivity contribution in [2.24, 2.45) is 16.2 Å². The number of unbranched alkanes of at least 4 members (excludes halogenated alkanes) is 2. The number of nitrogens with one attached hydrogen (secondary N) is 2. The number of aromatic nitrogens is 4. The summed E-state index contributed by atoms with van der Waals surface area (Å²) in [6.07, 6.45) is 2.75. The summed E-state index contributed by atoms with van der Waals surface area (Å²) in [6, 6.07) is 8.64. The number of carboxylic acids is 1. The molecule has 414 valence electrons. The van der Waals surface area contributed by atoms with Gasteiger partial charge in [-0.2, -0.15) is 0 Å². The Bertz CT molecular complexity index is 2560. The van der Waals surface area contributed by atoms with E-state index in [2.05, 4.69) is 67.7 Å². The largest absolute Gasteiger partial charge is 0.790 e. The number of amides is 2. The van der Waals surface area contributed by atoms with Crippen LogP contribution < -0.4 is 35.9 Å². The molecule has 5 rings (SSSR count). The number of nitrogens with zero attached hydrogens (tertiary/aromatic N) is 4. The number of aryl methyl sites for hydroxylation is 2. The van der Waals surface area contributed by atoms with Crippen LogP contribution in [0.1, 0.15) is 122 Å². The highest BCUT2D eigenvalue weighted by atomic mass is 31.3. The molecule has 7 unspecified atom stereocenters. The summed E-state index contributed by atoms with van der Waals surface area (Å²) in [7, 11) is -17.7. The number of nitrogens with two attached hydrogens (primary N) is 1. The van der Waals surface area contributed by atoms with Crippen LogP contribution in [-0.4, -0.2) is 109 Å². The van der Waals surface area contributed by atoms with Crippen molar-refractivity contribution in [3.63, 3.8) is 0 Å². The minimum atomic E-state index is -5.94. The van der Waals surface area contributed by atoms with E-state index in [0.29, 0.717) is 6.42 Å². The summed E-state index contributed by atoms with van der Waals surface area (Å²) < 4.78 is 61.0. The van der Waals surface area contributed by atoms with Crippen molar-refractivity contribution in [1.29, 1.82) is 0 Å². The molecule has 3 aromatic rings. The fraction of sp³-hybridized carbons (Fsp3) is 0.667. The summed E-state index contributed by atoms with van der Waals surface area (Å²) in [5.41, 5.74) is 6.39. The number of imidazole rings is 1. The lowest BCUT2D eigenvalue weighted by molar-refractivity contribution is -0.347. The number of anilines is 1. The van der Waals surface area contributed by atoms with Gasteiger partial charge in [-0.1, -0.05) is 64.8 Å². The number of carbonyl (C=O) groups excluding carboxylic acids is 3. The van der Waals surface area contributed by atoms with Gasteiger partial charge in [0.05, 0.1) is 33.8 Å². The zero-order valence-electron chi connectivity index (χ0n) is 41.7. The number of nitrogen functional groups attached to an aromatic ring is 1. The Labute approximate surface area is 428 Å². The third-order valence-electron chi connectivity index (χ3n) is 13.0. The molecule has 7 atom stereocenters. The number of aliphatic hydroxyl groups is 2. The average Bonchev–Trinajstić information content (AvgIpc) is 3.80. The summed E-state index contributed by atoms with van der Waals surface area (Å²) in [6.45, 7) is 3.96. The number of carbonyl (C=O) groups is 4. The maximum atomic E-state index is 12.8. The van der Waals surface area contributed by atoms with E-state index >= 15 is 0 Å². The quantitative estimate of drug-likeness (QED) is 0.0373. The van der Waals surface area contributed by atoms with Gasteiger partial charge in [-0.05, 0) is 73.3 Å². The molecule has 1 saturated carbocycles. The zero-order valence-corrected chi connectivity index (χ0v) is 44.3. The number of ketones is 1. The van der Waals surface area contributed by atoms with Crippen molar-refractivity contribution in [2.45, 2.75) is 148 Å². The normalized spacial score (nSPS) is 20.9. The van der Waals surface area contributed by atoms with Crippen LogP contribution in [0.2, 0.25) is 0 Å². The van der Waals surface area contributed by atoms with E-state index in [1.54, 1.807) is 0 Å². The van der Waals surface area contributed by atoms with Crippen LogP contribution >= 0.6 is 23.5 Å². The molecule has 2 aromatic heterocycles. The number of phosphoric ester groups is 3. The number of hydrogen-bond donors (Lipinski definition) is 6. The molecule has 1 aliphatic carbocycles. The highest BCUT2D eigenvalue weighted by Crippen LogP contribution is 2.57. The first-order valence-electron chi connectivity index (χ1n) is 24.1. The number of carboxylic acid groups (broad SMARTS) is 1. The monoisotopic (exact) mass is 1100 g/mol. The minimum absolute atomic E-state index is 0.00332. The number of hydrogen-bond acceptors (Lipinski definition) is 22. The van der Waals surface area contributed by atoms with E-state index in [0.717, 1.165) is 81.4 Å². The van der Waals surface area contributed by atoms with E-state index in [4.69, 9.17) is 15.6 Å². The first kappa shape index (κ1) is 60.8. The van der Waals surface area contributed by atoms with Gasteiger partial charge < -0.3 is 74.1 Å². The number of fused-ring (bicyclic) bond motifs is 1. The van der Waals surface area contributed by atoms with Crippen LogP contribution in [0.15, 0.2) is 36.9 Å². The lowest BCUT2D eigenvalue weighted by atomic mass is 9.83. The Kier molecular flexibility index (Phi) is 21.2. The van der Waals surface area contributed by atoms with Gasteiger partial charge >= 0.3 is 5.97 Å². The number of Topliss-reactive ketones (excluding diaryl/α,β-unsaturated/α-hetero) is 1. The van der Waals surface area contributed by atoms with E-state index in [9.17, 15) is 62.7 Å². The van der Waals surface area contributed by atoms with Crippen LogP contribution in [0.25, 0.3) is 11.2 Å². The van der Waals surface area contributed by atoms with Crippen molar-refractivity contribution in [3.8, 4) is 0 Å². The molecule has 0 bridgehead atoms. The predicted octanol–water partition coefficient (Wildman–Crippen LogP) is 1.63. The number of rotatable bonds is 33. The van der Waals surface area contributed by atoms with Crippen molar-refractivity contribution in [1.82, 2.24) is 30.2 Å². The van der Waals surface area contributed by atoms with E-state index in [1.807, 2.05) is 13.8 Å². The van der Waals surface area contributed by atoms with Gasteiger partial charge in [0.25, 0.3) is 15.6 Å². The minimum Gasteiger partial charge on any atom is -0.790 e. The maximum Gasteiger partial charge on any atom is 0.303 e. The molecule has 1 aliphatic heterocycles. The molecular weight excluding hydrogens is 1040 g/mol. The Balaban J connectivity index is 0.948. The molecule has 3 heterocycles. The Morgan fingerprint density at radius 3 is 2.15 bits per heavy atom. The van der Waals surface area contributed by atoms with Gasteiger partial charge in [0.15, 0.2) is 17.7 Å². The fourth-order valence-corrected chi connectivity index (χ4v) is 11.3. The molecule has 0 spiro atoms. The van der Waals surface area contributed by atoms with Gasteiger partial charge in [0.2, 0.25) is 11.8 Å². The number of aliphatic carboxylic acids is 1. The number of phosphoric acid groups is 3. The molecule has 7 N–H and O–H groups in total. The summed E-state index contributed by atoms with van der Waals surface area (Å²) in [5.74, 6) is -2.31. The average molecular weight is 1100 g/mol. The molecular formula is C45H66N7O19P3-4. The van der Waals surface area contributed by atoms with Gasteiger partial charge in [-0.3, -0.25) is 32.9 Å². The van der Waals surface area contributed by atoms with Crippen LogP contribution in [-0.2, 0) is 68.3 Å². The Morgan fingerprint density at radius 2 is 1.53 bits per heavy atom. The third kappa shape index (κ3) is 19.2. The smallest absolute Gasteiger partial charge is 0.303 e. The van der Waals surface area contributed by atoms with Crippen LogP contribution in [0, 0.1) is 16.2 Å². The maximum absolute atomic E-state index is 12.8. The Morgan fingerprint density at radius 1 is 0.905 bits per heavy atom. The molecule has 2 aliphatic rings. The molecule has 1 saturated heterocycles. The molecule has 2 fully saturated rings. The molecule has 74 heavy (non-hydrogen) atoms. The number of aliphatic hydroxyl groups excluding tert-OH is 2. The molecule has 0 radical (unpaired) electrons. The lowest BCUT2D eigenvalue weighted by Crippen LogP contribution is -2.46. The number of ether oxygens (including phenoxy) is 1. The molecule has 1 aromatic carbocycles. The zero-order chi connectivity index (χ0) is 54.7.